The lowest BCUT2D eigenvalue weighted by Gasteiger charge is -1.99. The molecule has 0 amide bonds. The summed E-state index contributed by atoms with van der Waals surface area (Å²) in [6.07, 6.45) is 3.94. The number of rotatable bonds is 1. The van der Waals surface area contributed by atoms with Crippen molar-refractivity contribution in [2.75, 3.05) is 0 Å². The first-order chi connectivity index (χ1) is 7.24. The smallest absolute Gasteiger partial charge is 0.116 e. The quantitative estimate of drug-likeness (QED) is 0.703. The van der Waals surface area contributed by atoms with Crippen LogP contribution in [0.3, 0.4) is 0 Å². The van der Waals surface area contributed by atoms with Gasteiger partial charge in [-0.05, 0) is 37.1 Å². The predicted molar refractivity (Wildman–Crippen MR) is 70.2 cm³/mol. The highest BCUT2D eigenvalue weighted by Crippen LogP contribution is 2.16. The standard InChI is InChI=1S/C10H12O.2C2H6/c1-3-4-9-7-10(11)6-5-8(9)2;2*1-2/h3-7,11H,1-2H3;2*1-2H3/b4-3-;;. The summed E-state index contributed by atoms with van der Waals surface area (Å²) in [4.78, 5) is 0. The third kappa shape index (κ3) is 6.78. The van der Waals surface area contributed by atoms with E-state index >= 15 is 0 Å². The Labute approximate surface area is 94.5 Å². The van der Waals surface area contributed by atoms with Crippen molar-refractivity contribution in [3.63, 3.8) is 0 Å². The van der Waals surface area contributed by atoms with Gasteiger partial charge in [0.05, 0.1) is 0 Å². The molecule has 1 nitrogen and oxygen atoms in total. The molecule has 1 N–H and O–H groups in total. The van der Waals surface area contributed by atoms with Gasteiger partial charge in [0.15, 0.2) is 0 Å². The van der Waals surface area contributed by atoms with E-state index in [2.05, 4.69) is 0 Å². The summed E-state index contributed by atoms with van der Waals surface area (Å²) in [5, 5.41) is 9.13. The van der Waals surface area contributed by atoms with Gasteiger partial charge in [-0.3, -0.25) is 0 Å². The topological polar surface area (TPSA) is 20.2 Å². The van der Waals surface area contributed by atoms with E-state index in [1.54, 1.807) is 12.1 Å². The van der Waals surface area contributed by atoms with E-state index in [0.717, 1.165) is 5.56 Å². The Balaban J connectivity index is 0. The van der Waals surface area contributed by atoms with E-state index in [4.69, 9.17) is 5.11 Å². The van der Waals surface area contributed by atoms with Crippen molar-refractivity contribution < 1.29 is 5.11 Å². The van der Waals surface area contributed by atoms with Crippen LogP contribution in [0.15, 0.2) is 24.3 Å². The predicted octanol–water partition coefficient (Wildman–Crippen LogP) is 4.79. The van der Waals surface area contributed by atoms with Gasteiger partial charge in [0, 0.05) is 0 Å². The second kappa shape index (κ2) is 10.8. The minimum Gasteiger partial charge on any atom is -0.508 e. The van der Waals surface area contributed by atoms with Crippen molar-refractivity contribution in [2.24, 2.45) is 0 Å². The second-order valence-electron chi connectivity index (χ2n) is 2.54. The van der Waals surface area contributed by atoms with Crippen molar-refractivity contribution in [1.82, 2.24) is 0 Å². The van der Waals surface area contributed by atoms with Gasteiger partial charge in [0.25, 0.3) is 0 Å². The lowest BCUT2D eigenvalue weighted by atomic mass is 10.1. The van der Waals surface area contributed by atoms with Gasteiger partial charge in [-0.1, -0.05) is 45.9 Å². The Hall–Kier alpha value is -1.24. The van der Waals surface area contributed by atoms with Crippen LogP contribution in [-0.2, 0) is 0 Å². The number of benzene rings is 1. The maximum Gasteiger partial charge on any atom is 0.116 e. The molecule has 0 saturated heterocycles. The average molecular weight is 208 g/mol. The maximum absolute atomic E-state index is 9.13. The number of hydrogen-bond acceptors (Lipinski definition) is 1. The molecule has 0 heterocycles. The highest BCUT2D eigenvalue weighted by molar-refractivity contribution is 5.55. The second-order valence-corrected chi connectivity index (χ2v) is 2.54. The van der Waals surface area contributed by atoms with Crippen LogP contribution in [0.1, 0.15) is 45.7 Å². The Morgan fingerprint density at radius 1 is 1.07 bits per heavy atom. The summed E-state index contributed by atoms with van der Waals surface area (Å²) in [6, 6.07) is 5.36. The van der Waals surface area contributed by atoms with Gasteiger partial charge < -0.3 is 5.11 Å². The fourth-order valence-electron chi connectivity index (χ4n) is 0.987. The summed E-state index contributed by atoms with van der Waals surface area (Å²) >= 11 is 0. The summed E-state index contributed by atoms with van der Waals surface area (Å²) in [5.74, 6) is 0.323. The molecule has 0 fully saturated rings. The molecular formula is C14H24O. The highest BCUT2D eigenvalue weighted by Gasteiger charge is 1.93. The van der Waals surface area contributed by atoms with Gasteiger partial charge in [-0.25, -0.2) is 0 Å². The third-order valence-corrected chi connectivity index (χ3v) is 1.61. The summed E-state index contributed by atoms with van der Waals surface area (Å²) < 4.78 is 0. The Bertz CT molecular complexity index is 275. The van der Waals surface area contributed by atoms with Crippen LogP contribution >= 0.6 is 0 Å². The van der Waals surface area contributed by atoms with Gasteiger partial charge in [0.1, 0.15) is 5.75 Å². The maximum atomic E-state index is 9.13. The largest absolute Gasteiger partial charge is 0.508 e. The molecule has 0 unspecified atom stereocenters. The van der Waals surface area contributed by atoms with Crippen LogP contribution in [0.5, 0.6) is 5.75 Å². The monoisotopic (exact) mass is 208 g/mol. The van der Waals surface area contributed by atoms with Crippen LogP contribution in [-0.4, -0.2) is 5.11 Å². The van der Waals surface area contributed by atoms with E-state index in [0.29, 0.717) is 5.75 Å². The SMILES string of the molecule is C/C=C\c1cc(O)ccc1C.CC.CC. The fourth-order valence-corrected chi connectivity index (χ4v) is 0.987. The molecule has 0 saturated carbocycles. The molecule has 0 aliphatic heterocycles. The third-order valence-electron chi connectivity index (χ3n) is 1.61. The van der Waals surface area contributed by atoms with Gasteiger partial charge in [-0.15, -0.1) is 0 Å². The highest BCUT2D eigenvalue weighted by atomic mass is 16.3. The fraction of sp³-hybridized carbons (Fsp3) is 0.429. The van der Waals surface area contributed by atoms with Gasteiger partial charge >= 0.3 is 0 Å². The number of phenolic OH excluding ortho intramolecular Hbond substituents is 1. The molecule has 0 bridgehead atoms. The number of hydrogen-bond donors (Lipinski definition) is 1. The number of aromatic hydroxyl groups is 1. The first-order valence-corrected chi connectivity index (χ1v) is 5.66. The molecule has 1 rings (SSSR count). The van der Waals surface area contributed by atoms with Gasteiger partial charge in [0.2, 0.25) is 0 Å². The molecule has 0 aromatic heterocycles. The van der Waals surface area contributed by atoms with Crippen LogP contribution in [0.2, 0.25) is 0 Å². The van der Waals surface area contributed by atoms with Crippen molar-refractivity contribution in [3.05, 3.63) is 35.4 Å². The molecule has 0 spiro atoms. The molecule has 15 heavy (non-hydrogen) atoms. The first kappa shape index (κ1) is 16.2. The van der Waals surface area contributed by atoms with E-state index in [9.17, 15) is 0 Å². The van der Waals surface area contributed by atoms with Crippen LogP contribution in [0, 0.1) is 6.92 Å². The molecule has 0 aliphatic carbocycles. The summed E-state index contributed by atoms with van der Waals surface area (Å²) in [5.41, 5.74) is 2.26. The minimum absolute atomic E-state index is 0.323. The average Bonchev–Trinajstić information content (AvgIpc) is 2.29. The number of aryl methyl sites for hydroxylation is 1. The molecule has 1 aromatic carbocycles. The normalized spacial score (nSPS) is 8.67. The summed E-state index contributed by atoms with van der Waals surface area (Å²) in [6.45, 7) is 12.0. The Morgan fingerprint density at radius 2 is 1.60 bits per heavy atom. The molecular weight excluding hydrogens is 184 g/mol. The van der Waals surface area contributed by atoms with E-state index < -0.39 is 0 Å². The lowest BCUT2D eigenvalue weighted by molar-refractivity contribution is 0.475. The molecule has 0 aliphatic rings. The Morgan fingerprint density at radius 3 is 2.07 bits per heavy atom. The molecule has 0 radical (unpaired) electrons. The van der Waals surface area contributed by atoms with E-state index in [1.165, 1.54) is 5.56 Å². The van der Waals surface area contributed by atoms with Crippen molar-refractivity contribution in [3.8, 4) is 5.75 Å². The van der Waals surface area contributed by atoms with Crippen molar-refractivity contribution in [1.29, 1.82) is 0 Å². The minimum atomic E-state index is 0.323. The van der Waals surface area contributed by atoms with E-state index in [-0.39, 0.29) is 0 Å². The number of phenols is 1. The number of allylic oxidation sites excluding steroid dienone is 1. The van der Waals surface area contributed by atoms with Crippen molar-refractivity contribution in [2.45, 2.75) is 41.5 Å². The van der Waals surface area contributed by atoms with E-state index in [1.807, 2.05) is 59.8 Å². The zero-order chi connectivity index (χ0) is 12.3. The Kier molecular flexibility index (Phi) is 11.7. The molecule has 1 heteroatoms. The lowest BCUT2D eigenvalue weighted by Crippen LogP contribution is -1.78. The molecule has 86 valence electrons. The van der Waals surface area contributed by atoms with Crippen molar-refractivity contribution >= 4 is 6.08 Å². The molecule has 1 aromatic rings. The first-order valence-electron chi connectivity index (χ1n) is 5.66. The van der Waals surface area contributed by atoms with Crippen LogP contribution < -0.4 is 0 Å². The zero-order valence-corrected chi connectivity index (χ0v) is 10.8. The molecule has 0 atom stereocenters. The zero-order valence-electron chi connectivity index (χ0n) is 10.8. The van der Waals surface area contributed by atoms with Crippen LogP contribution in [0.4, 0.5) is 0 Å². The van der Waals surface area contributed by atoms with Gasteiger partial charge in [-0.2, -0.15) is 0 Å². The summed E-state index contributed by atoms with van der Waals surface area (Å²) in [7, 11) is 0. The van der Waals surface area contributed by atoms with Crippen LogP contribution in [0.25, 0.3) is 6.08 Å².